The van der Waals surface area contributed by atoms with Gasteiger partial charge in [-0.2, -0.15) is 0 Å². The van der Waals surface area contributed by atoms with Crippen molar-refractivity contribution in [3.8, 4) is 0 Å². The van der Waals surface area contributed by atoms with Crippen LogP contribution in [0, 0.1) is 11.8 Å². The Bertz CT molecular complexity index is 812. The number of Topliss-reactive ketones (excluding diaryl/α,β-unsaturated/α-hetero) is 1. The summed E-state index contributed by atoms with van der Waals surface area (Å²) in [6.07, 6.45) is 15.4. The predicted molar refractivity (Wildman–Crippen MR) is 127 cm³/mol. The average molecular weight is 476 g/mol. The third kappa shape index (κ3) is 6.88. The molecule has 0 aromatic carbocycles. The van der Waals surface area contributed by atoms with Gasteiger partial charge in [0.25, 0.3) is 0 Å². The highest BCUT2D eigenvalue weighted by molar-refractivity contribution is 7.15. The Morgan fingerprint density at radius 1 is 0.719 bits per heavy atom. The molecule has 174 valence electrons. The second kappa shape index (κ2) is 11.9. The SMILES string of the molecule is O=C(Cc1nnc(CCCCc2nnc(NC(=O)C3CCCCC3)s2)s1)C1CCCCC1. The first-order valence-electron chi connectivity index (χ1n) is 12.1. The van der Waals surface area contributed by atoms with Gasteiger partial charge in [-0.15, -0.1) is 31.7 Å². The first-order valence-corrected chi connectivity index (χ1v) is 13.8. The molecule has 0 unspecified atom stereocenters. The molecule has 32 heavy (non-hydrogen) atoms. The van der Waals surface area contributed by atoms with Gasteiger partial charge in [-0.25, -0.2) is 0 Å². The lowest BCUT2D eigenvalue weighted by Crippen LogP contribution is -2.24. The zero-order valence-electron chi connectivity index (χ0n) is 18.7. The minimum absolute atomic E-state index is 0.0986. The van der Waals surface area contributed by atoms with Crippen molar-refractivity contribution < 1.29 is 9.59 Å². The molecule has 0 spiro atoms. The van der Waals surface area contributed by atoms with Crippen LogP contribution in [-0.4, -0.2) is 32.1 Å². The molecule has 0 radical (unpaired) electrons. The van der Waals surface area contributed by atoms with Crippen LogP contribution in [0.1, 0.15) is 92.1 Å². The molecular formula is C23H33N5O2S2. The van der Waals surface area contributed by atoms with E-state index in [9.17, 15) is 9.59 Å². The zero-order chi connectivity index (χ0) is 22.2. The van der Waals surface area contributed by atoms with Gasteiger partial charge in [0.2, 0.25) is 11.0 Å². The molecule has 2 fully saturated rings. The molecule has 0 saturated heterocycles. The third-order valence-corrected chi connectivity index (χ3v) is 8.48. The number of rotatable bonds is 10. The number of ketones is 1. The maximum absolute atomic E-state index is 12.5. The van der Waals surface area contributed by atoms with E-state index in [1.165, 1.54) is 37.0 Å². The lowest BCUT2D eigenvalue weighted by Gasteiger charge is -2.19. The predicted octanol–water partition coefficient (Wildman–Crippen LogP) is 5.17. The van der Waals surface area contributed by atoms with Crippen molar-refractivity contribution in [2.45, 2.75) is 96.3 Å². The number of nitrogens with one attached hydrogen (secondary N) is 1. The molecule has 2 aliphatic rings. The summed E-state index contributed by atoms with van der Waals surface area (Å²) < 4.78 is 0. The Kier molecular flexibility index (Phi) is 8.73. The number of carbonyl (C=O) groups is 2. The third-order valence-electron chi connectivity index (χ3n) is 6.60. The van der Waals surface area contributed by atoms with E-state index >= 15 is 0 Å². The average Bonchev–Trinajstić information content (AvgIpc) is 3.47. The number of anilines is 1. The number of hydrogen-bond acceptors (Lipinski definition) is 8. The molecule has 0 atom stereocenters. The Labute approximate surface area is 197 Å². The summed E-state index contributed by atoms with van der Waals surface area (Å²) in [4.78, 5) is 24.8. The molecule has 0 aliphatic heterocycles. The zero-order valence-corrected chi connectivity index (χ0v) is 20.3. The number of amides is 1. The Balaban J connectivity index is 1.14. The fourth-order valence-corrected chi connectivity index (χ4v) is 6.39. The smallest absolute Gasteiger partial charge is 0.229 e. The first kappa shape index (κ1) is 23.4. The number of aryl methyl sites for hydroxylation is 2. The van der Waals surface area contributed by atoms with Gasteiger partial charge in [-0.3, -0.25) is 9.59 Å². The van der Waals surface area contributed by atoms with Crippen LogP contribution in [0.25, 0.3) is 0 Å². The summed E-state index contributed by atoms with van der Waals surface area (Å²) in [6.45, 7) is 0. The molecule has 7 nitrogen and oxygen atoms in total. The minimum atomic E-state index is 0.0986. The van der Waals surface area contributed by atoms with Crippen molar-refractivity contribution in [2.24, 2.45) is 11.8 Å². The van der Waals surface area contributed by atoms with Crippen molar-refractivity contribution in [1.82, 2.24) is 20.4 Å². The summed E-state index contributed by atoms with van der Waals surface area (Å²) in [5.74, 6) is 0.808. The van der Waals surface area contributed by atoms with Crippen LogP contribution in [0.3, 0.4) is 0 Å². The number of nitrogens with zero attached hydrogens (tertiary/aromatic N) is 4. The van der Waals surface area contributed by atoms with Crippen molar-refractivity contribution in [1.29, 1.82) is 0 Å². The molecule has 0 bridgehead atoms. The largest absolute Gasteiger partial charge is 0.300 e. The molecule has 2 aromatic rings. The van der Waals surface area contributed by atoms with E-state index in [-0.39, 0.29) is 17.7 Å². The number of aromatic nitrogens is 4. The van der Waals surface area contributed by atoms with E-state index in [2.05, 4.69) is 25.7 Å². The van der Waals surface area contributed by atoms with Gasteiger partial charge in [-0.1, -0.05) is 49.9 Å². The van der Waals surface area contributed by atoms with Crippen molar-refractivity contribution in [3.05, 3.63) is 15.0 Å². The van der Waals surface area contributed by atoms with Gasteiger partial charge >= 0.3 is 0 Å². The van der Waals surface area contributed by atoms with E-state index in [1.807, 2.05) is 0 Å². The second-order valence-corrected chi connectivity index (χ2v) is 11.3. The molecule has 2 saturated carbocycles. The lowest BCUT2D eigenvalue weighted by molar-refractivity contribution is -0.123. The highest BCUT2D eigenvalue weighted by Gasteiger charge is 2.23. The van der Waals surface area contributed by atoms with E-state index in [4.69, 9.17) is 0 Å². The Hall–Kier alpha value is -1.74. The first-order chi connectivity index (χ1) is 15.7. The summed E-state index contributed by atoms with van der Waals surface area (Å²) in [6, 6.07) is 0. The van der Waals surface area contributed by atoms with Gasteiger partial charge in [0, 0.05) is 24.7 Å². The molecule has 4 rings (SSSR count). The molecule has 2 aromatic heterocycles. The molecule has 1 N–H and O–H groups in total. The summed E-state index contributed by atoms with van der Waals surface area (Å²) >= 11 is 3.06. The standard InChI is InChI=1S/C23H33N5O2S2/c29-18(16-9-3-1-4-10-16)15-21-27-25-19(31-21)13-7-8-14-20-26-28-23(32-20)24-22(30)17-11-5-2-6-12-17/h16-17H,1-15H2,(H,24,28,30). The summed E-state index contributed by atoms with van der Waals surface area (Å²) in [5, 5.41) is 23.3. The topological polar surface area (TPSA) is 97.7 Å². The molecule has 2 heterocycles. The highest BCUT2D eigenvalue weighted by atomic mass is 32.1. The molecule has 9 heteroatoms. The Morgan fingerprint density at radius 3 is 1.97 bits per heavy atom. The van der Waals surface area contributed by atoms with E-state index in [1.54, 1.807) is 11.3 Å². The van der Waals surface area contributed by atoms with Crippen LogP contribution < -0.4 is 5.32 Å². The minimum Gasteiger partial charge on any atom is -0.300 e. The van der Waals surface area contributed by atoms with Gasteiger partial charge in [0.15, 0.2) is 0 Å². The van der Waals surface area contributed by atoms with Crippen LogP contribution in [0.4, 0.5) is 5.13 Å². The van der Waals surface area contributed by atoms with E-state index in [0.717, 1.165) is 79.2 Å². The Morgan fingerprint density at radius 2 is 1.28 bits per heavy atom. The second-order valence-electron chi connectivity index (χ2n) is 9.10. The van der Waals surface area contributed by atoms with Crippen LogP contribution in [0.5, 0.6) is 0 Å². The lowest BCUT2D eigenvalue weighted by atomic mass is 9.85. The quantitative estimate of drug-likeness (QED) is 0.476. The monoisotopic (exact) mass is 475 g/mol. The summed E-state index contributed by atoms with van der Waals surface area (Å²) in [7, 11) is 0. The van der Waals surface area contributed by atoms with Crippen LogP contribution in [-0.2, 0) is 28.9 Å². The highest BCUT2D eigenvalue weighted by Crippen LogP contribution is 2.27. The number of carbonyl (C=O) groups excluding carboxylic acids is 2. The van der Waals surface area contributed by atoms with Crippen LogP contribution in [0.15, 0.2) is 0 Å². The van der Waals surface area contributed by atoms with Gasteiger partial charge in [0.05, 0.1) is 6.42 Å². The fraction of sp³-hybridized carbons (Fsp3) is 0.739. The fourth-order valence-electron chi connectivity index (χ4n) is 4.71. The van der Waals surface area contributed by atoms with Crippen molar-refractivity contribution >= 4 is 39.5 Å². The van der Waals surface area contributed by atoms with Gasteiger partial charge < -0.3 is 5.32 Å². The van der Waals surface area contributed by atoms with Crippen LogP contribution in [0.2, 0.25) is 0 Å². The summed E-state index contributed by atoms with van der Waals surface area (Å²) in [5.41, 5.74) is 0. The van der Waals surface area contributed by atoms with Gasteiger partial charge in [-0.05, 0) is 38.5 Å². The van der Waals surface area contributed by atoms with Gasteiger partial charge in [0.1, 0.15) is 20.8 Å². The maximum atomic E-state index is 12.5. The van der Waals surface area contributed by atoms with Crippen molar-refractivity contribution in [2.75, 3.05) is 5.32 Å². The molecule has 2 aliphatic carbocycles. The van der Waals surface area contributed by atoms with Crippen molar-refractivity contribution in [3.63, 3.8) is 0 Å². The maximum Gasteiger partial charge on any atom is 0.229 e. The van der Waals surface area contributed by atoms with Crippen LogP contribution >= 0.6 is 22.7 Å². The normalized spacial score (nSPS) is 18.0. The van der Waals surface area contributed by atoms with E-state index < -0.39 is 0 Å². The molecular weight excluding hydrogens is 442 g/mol. The number of hydrogen-bond donors (Lipinski definition) is 1. The molecule has 1 amide bonds. The van der Waals surface area contributed by atoms with E-state index in [0.29, 0.717) is 17.3 Å². The number of unbranched alkanes of at least 4 members (excludes halogenated alkanes) is 1.